The number of halogens is 1. The average molecular weight is 192 g/mol. The van der Waals surface area contributed by atoms with Crippen molar-refractivity contribution < 1.29 is 55.1 Å². The van der Waals surface area contributed by atoms with Gasteiger partial charge in [0, 0.05) is 26.2 Å². The number of hydrogen-bond donors (Lipinski definition) is 1. The first-order valence-corrected chi connectivity index (χ1v) is 1.90. The van der Waals surface area contributed by atoms with E-state index in [0.29, 0.717) is 0 Å². The predicted octanol–water partition coefficient (Wildman–Crippen LogP) is -4.13. The molecule has 0 aliphatic carbocycles. The molecule has 0 bridgehead atoms. The van der Waals surface area contributed by atoms with E-state index in [2.05, 4.69) is 0 Å². The van der Waals surface area contributed by atoms with Gasteiger partial charge in [0.1, 0.15) is 0 Å². The topological polar surface area (TPSA) is 89.4 Å². The molecule has 0 spiro atoms. The molecule has 0 aromatic carbocycles. The zero-order valence-corrected chi connectivity index (χ0v) is 5.76. The Kier molecular flexibility index (Phi) is 5.17. The molecule has 0 amide bonds. The second-order valence-corrected chi connectivity index (χ2v) is 1.19. The molecule has 0 fully saturated rings. The molecule has 0 heterocycles. The summed E-state index contributed by atoms with van der Waals surface area (Å²) in [6.45, 7) is 0. The van der Waals surface area contributed by atoms with Gasteiger partial charge in [0.15, 0.2) is 0 Å². The van der Waals surface area contributed by atoms with Crippen LogP contribution in [-0.4, -0.2) is 4.66 Å². The fraction of sp³-hybridized carbons (Fsp3) is 0. The summed E-state index contributed by atoms with van der Waals surface area (Å²) in [6, 6.07) is 0. The minimum absolute atomic E-state index is 0. The maximum Gasteiger partial charge on any atom is 0.0777 e. The summed E-state index contributed by atoms with van der Waals surface area (Å²) >= 11 is 0. The molecule has 0 unspecified atom stereocenters. The van der Waals surface area contributed by atoms with E-state index in [4.69, 9.17) is 18.6 Å². The van der Waals surface area contributed by atoms with Gasteiger partial charge < -0.3 is 0 Å². The zero-order chi connectivity index (χ0) is 4.50. The molecule has 6 heteroatoms. The summed E-state index contributed by atoms with van der Waals surface area (Å²) in [5.41, 5.74) is 0. The first-order valence-electron chi connectivity index (χ1n) is 0.632. The molecule has 0 aromatic heterocycles. The Balaban J connectivity index is 0. The molecule has 0 radical (unpaired) electrons. The van der Waals surface area contributed by atoms with Crippen LogP contribution in [0.5, 0.6) is 0 Å². The third-order valence-corrected chi connectivity index (χ3v) is 0. The molecule has 0 aliphatic heterocycles. The number of hydrogen-bond acceptors (Lipinski definition) is 4. The van der Waals surface area contributed by atoms with Crippen molar-refractivity contribution in [1.29, 1.82) is 0 Å². The minimum Gasteiger partial charge on any atom is -0.183 e. The van der Waals surface area contributed by atoms with Gasteiger partial charge in [0.2, 0.25) is 0 Å². The van der Waals surface area contributed by atoms with Gasteiger partial charge in [-0.15, -0.1) is 0 Å². The molecular weight excluding hydrogens is 191 g/mol. The van der Waals surface area contributed by atoms with Crippen LogP contribution in [0.4, 0.5) is 0 Å². The summed E-state index contributed by atoms with van der Waals surface area (Å²) < 4.78 is 32.7. The van der Waals surface area contributed by atoms with E-state index in [9.17, 15) is 0 Å². The Morgan fingerprint density at radius 1 is 1.17 bits per heavy atom. The standard InChI is InChI=1S/ClHO4.Zr/c2-1(3,4)5;/h(H,2,3,4,5);. The fourth-order valence-electron chi connectivity index (χ4n) is 0. The van der Waals surface area contributed by atoms with Crippen molar-refractivity contribution >= 4 is 0 Å². The Hall–Kier alpha value is 1.01. The quantitative estimate of drug-likeness (QED) is 0.421. The van der Waals surface area contributed by atoms with Crippen molar-refractivity contribution in [2.45, 2.75) is 0 Å². The Morgan fingerprint density at radius 2 is 1.17 bits per heavy atom. The van der Waals surface area contributed by atoms with Crippen LogP contribution >= 0.6 is 0 Å². The van der Waals surface area contributed by atoms with Crippen LogP contribution < -0.4 is 14.0 Å². The van der Waals surface area contributed by atoms with Crippen molar-refractivity contribution in [3.63, 3.8) is 0 Å². The van der Waals surface area contributed by atoms with Crippen LogP contribution in [0.15, 0.2) is 0 Å². The van der Waals surface area contributed by atoms with Gasteiger partial charge in [-0.25, -0.2) is 0 Å². The summed E-state index contributed by atoms with van der Waals surface area (Å²) in [5.74, 6) is 0. The van der Waals surface area contributed by atoms with E-state index in [0.717, 1.165) is 0 Å². The van der Waals surface area contributed by atoms with Gasteiger partial charge in [-0.3, -0.25) is 0 Å². The third-order valence-electron chi connectivity index (χ3n) is 0. The monoisotopic (exact) mass is 190 g/mol. The SMILES string of the molecule is [O-][Cl+3]([O-])([O-])O.[Zr]. The molecule has 0 saturated carbocycles. The van der Waals surface area contributed by atoms with E-state index in [1.54, 1.807) is 0 Å². The van der Waals surface area contributed by atoms with Crippen molar-refractivity contribution in [2.24, 2.45) is 0 Å². The summed E-state index contributed by atoms with van der Waals surface area (Å²) in [5, 5.41) is 0. The molecule has 0 atom stereocenters. The molecule has 0 rings (SSSR count). The van der Waals surface area contributed by atoms with Gasteiger partial charge in [0.05, 0.1) is 14.9 Å². The van der Waals surface area contributed by atoms with Gasteiger partial charge in [0.25, 0.3) is 0 Å². The molecule has 36 valence electrons. The van der Waals surface area contributed by atoms with Crippen molar-refractivity contribution in [3.8, 4) is 0 Å². The van der Waals surface area contributed by atoms with Crippen molar-refractivity contribution in [1.82, 2.24) is 0 Å². The van der Waals surface area contributed by atoms with Gasteiger partial charge >= 0.3 is 0 Å². The van der Waals surface area contributed by atoms with Crippen LogP contribution in [0, 0.1) is 10.2 Å². The second-order valence-electron chi connectivity index (χ2n) is 0.396. The first kappa shape index (κ1) is 10.1. The normalized spacial score (nSPS) is 10.0. The maximum atomic E-state index is 8.60. The van der Waals surface area contributed by atoms with Gasteiger partial charge in [-0.1, -0.05) is 0 Å². The molecule has 0 aromatic rings. The van der Waals surface area contributed by atoms with E-state index < -0.39 is 10.2 Å². The molecular formula is HClO4Zr. The molecule has 1 N–H and O–H groups in total. The van der Waals surface area contributed by atoms with Crippen LogP contribution in [0.25, 0.3) is 0 Å². The first-order chi connectivity index (χ1) is 2.00. The van der Waals surface area contributed by atoms with E-state index in [1.165, 1.54) is 0 Å². The van der Waals surface area contributed by atoms with Crippen LogP contribution in [0.1, 0.15) is 0 Å². The fourth-order valence-corrected chi connectivity index (χ4v) is 0. The molecule has 0 aliphatic rings. The minimum atomic E-state index is -4.69. The third kappa shape index (κ3) is 78.7. The smallest absolute Gasteiger partial charge is 0.0777 e. The van der Waals surface area contributed by atoms with Crippen LogP contribution in [0.3, 0.4) is 0 Å². The Labute approximate surface area is 55.3 Å². The summed E-state index contributed by atoms with van der Waals surface area (Å²) in [7, 11) is -4.69. The summed E-state index contributed by atoms with van der Waals surface area (Å²) in [4.78, 5) is 0. The van der Waals surface area contributed by atoms with E-state index >= 15 is 0 Å². The number of rotatable bonds is 0. The van der Waals surface area contributed by atoms with Crippen LogP contribution in [0.2, 0.25) is 0 Å². The van der Waals surface area contributed by atoms with Crippen molar-refractivity contribution in [2.75, 3.05) is 0 Å². The largest absolute Gasteiger partial charge is 0.183 e. The second kappa shape index (κ2) is 3.07. The van der Waals surface area contributed by atoms with Gasteiger partial charge in [-0.2, -0.15) is 14.0 Å². The Morgan fingerprint density at radius 3 is 1.17 bits per heavy atom. The molecule has 4 nitrogen and oxygen atoms in total. The van der Waals surface area contributed by atoms with E-state index in [1.807, 2.05) is 0 Å². The zero-order valence-electron chi connectivity index (χ0n) is 2.55. The van der Waals surface area contributed by atoms with Crippen LogP contribution in [-0.2, 0) is 26.2 Å². The van der Waals surface area contributed by atoms with Gasteiger partial charge in [-0.05, 0) is 0 Å². The molecule has 0 saturated heterocycles. The average Bonchev–Trinajstić information content (AvgIpc) is 0.722. The molecule has 6 heavy (non-hydrogen) atoms. The maximum absolute atomic E-state index is 8.60. The van der Waals surface area contributed by atoms with E-state index in [-0.39, 0.29) is 26.2 Å². The summed E-state index contributed by atoms with van der Waals surface area (Å²) in [6.07, 6.45) is 0. The Bertz CT molecular complexity index is 23.0. The predicted molar refractivity (Wildman–Crippen MR) is 2.22 cm³/mol. The van der Waals surface area contributed by atoms with Crippen molar-refractivity contribution in [3.05, 3.63) is 0 Å².